The minimum atomic E-state index is 0. The van der Waals surface area contributed by atoms with Crippen LogP contribution in [0.2, 0.25) is 12.6 Å². The predicted molar refractivity (Wildman–Crippen MR) is 90.3 cm³/mol. The van der Waals surface area contributed by atoms with Crippen LogP contribution < -0.4 is 0 Å². The van der Waals surface area contributed by atoms with Gasteiger partial charge < -0.3 is 28.8 Å². The fraction of sp³-hybridized carbons (Fsp3) is 0.938. The van der Waals surface area contributed by atoms with E-state index in [2.05, 4.69) is 5.97 Å². The number of aliphatic hydroxyl groups is 1. The normalized spacial score (nSPS) is 15.0. The molecule has 1 radical (unpaired) electrons. The summed E-state index contributed by atoms with van der Waals surface area (Å²) in [6, 6.07) is 0. The number of aliphatic hydroxyl groups excluding tert-OH is 1. The molecule has 0 amide bonds. The summed E-state index contributed by atoms with van der Waals surface area (Å²) >= 11 is 0. The van der Waals surface area contributed by atoms with Gasteiger partial charge >= 0.3 is 0 Å². The van der Waals surface area contributed by atoms with Crippen LogP contribution in [0.1, 0.15) is 12.8 Å². The number of ether oxygens (including phenoxy) is 5. The van der Waals surface area contributed by atoms with Crippen molar-refractivity contribution in [2.75, 3.05) is 66.1 Å². The maximum absolute atomic E-state index is 8.84. The molecule has 0 atom stereocenters. The second-order valence-electron chi connectivity index (χ2n) is 5.65. The third-order valence-electron chi connectivity index (χ3n) is 3.79. The Kier molecular flexibility index (Phi) is 18.9. The molecule has 143 valence electrons. The number of nitriles is 1. The van der Waals surface area contributed by atoms with Crippen molar-refractivity contribution in [1.29, 1.82) is 5.26 Å². The Hall–Kier alpha value is 0.0552. The van der Waals surface area contributed by atoms with Gasteiger partial charge in [0.1, 0.15) is 0 Å². The standard InChI is InChI=1S/C16H30BNO6.Ta/c18-15-17-3-1-16(2-4-17)24-14-13-23-12-11-22-10-9-21-8-7-20-6-5-19;/h16,19H,1-14H2;. The van der Waals surface area contributed by atoms with Crippen molar-refractivity contribution in [2.45, 2.75) is 31.6 Å². The minimum Gasteiger partial charge on any atom is -0.394 e. The molecule has 1 rings (SSSR count). The Labute approximate surface area is 166 Å². The molecule has 1 heterocycles. The third-order valence-corrected chi connectivity index (χ3v) is 3.79. The van der Waals surface area contributed by atoms with Gasteiger partial charge in [0.05, 0.1) is 72.2 Å². The van der Waals surface area contributed by atoms with Gasteiger partial charge in [-0.3, -0.25) is 0 Å². The number of nitrogens with zero attached hydrogens (tertiary/aromatic N) is 1. The van der Waals surface area contributed by atoms with Crippen LogP contribution in [0.4, 0.5) is 0 Å². The molecule has 1 N–H and O–H groups in total. The molecule has 0 bridgehead atoms. The van der Waals surface area contributed by atoms with E-state index in [1.165, 1.54) is 0 Å². The fourth-order valence-electron chi connectivity index (χ4n) is 2.46. The largest absolute Gasteiger partial charge is 0.394 e. The Bertz CT molecular complexity index is 326. The molecule has 9 heteroatoms. The molecule has 0 aromatic carbocycles. The number of rotatable bonds is 15. The maximum Gasteiger partial charge on any atom is 0.268 e. The van der Waals surface area contributed by atoms with Gasteiger partial charge in [0.25, 0.3) is 6.71 Å². The fourth-order valence-corrected chi connectivity index (χ4v) is 2.46. The van der Waals surface area contributed by atoms with Gasteiger partial charge in [-0.1, -0.05) is 12.6 Å². The van der Waals surface area contributed by atoms with Crippen LogP contribution in [0.15, 0.2) is 0 Å². The molecular formula is C16H30BNO6Ta. The quantitative estimate of drug-likeness (QED) is 0.250. The monoisotopic (exact) mass is 524 g/mol. The molecule has 1 fully saturated rings. The average Bonchev–Trinajstić information content (AvgIpc) is 2.62. The summed E-state index contributed by atoms with van der Waals surface area (Å²) < 4.78 is 26.9. The number of hydrogen-bond acceptors (Lipinski definition) is 7. The van der Waals surface area contributed by atoms with Gasteiger partial charge in [0, 0.05) is 28.3 Å². The van der Waals surface area contributed by atoms with E-state index in [0.29, 0.717) is 59.5 Å². The van der Waals surface area contributed by atoms with E-state index >= 15 is 0 Å². The van der Waals surface area contributed by atoms with Crippen LogP contribution in [-0.4, -0.2) is 84.0 Å². The van der Waals surface area contributed by atoms with E-state index < -0.39 is 0 Å². The Balaban J connectivity index is 0.00000576. The van der Waals surface area contributed by atoms with E-state index in [9.17, 15) is 0 Å². The molecule has 0 aromatic heterocycles. The molecule has 7 nitrogen and oxygen atoms in total. The van der Waals surface area contributed by atoms with E-state index in [1.807, 2.05) is 0 Å². The Morgan fingerprint density at radius 3 is 1.68 bits per heavy atom. The van der Waals surface area contributed by atoms with Crippen molar-refractivity contribution in [2.24, 2.45) is 0 Å². The van der Waals surface area contributed by atoms with E-state index in [-0.39, 0.29) is 41.8 Å². The van der Waals surface area contributed by atoms with Crippen LogP contribution in [-0.2, 0) is 46.1 Å². The molecule has 1 aliphatic rings. The van der Waals surface area contributed by atoms with E-state index in [0.717, 1.165) is 25.5 Å². The van der Waals surface area contributed by atoms with Gasteiger partial charge in [-0.15, -0.1) is 0 Å². The predicted octanol–water partition coefficient (Wildman–Crippen LogP) is 0.779. The first-order valence-electron chi connectivity index (χ1n) is 8.80. The summed E-state index contributed by atoms with van der Waals surface area (Å²) in [5, 5.41) is 17.4. The smallest absolute Gasteiger partial charge is 0.268 e. The van der Waals surface area contributed by atoms with Crippen LogP contribution >= 0.6 is 0 Å². The van der Waals surface area contributed by atoms with Gasteiger partial charge in [0.2, 0.25) is 0 Å². The van der Waals surface area contributed by atoms with Gasteiger partial charge in [0.15, 0.2) is 0 Å². The summed E-state index contributed by atoms with van der Waals surface area (Å²) in [7, 11) is 0. The first-order chi connectivity index (χ1) is 11.9. The summed E-state index contributed by atoms with van der Waals surface area (Å²) in [4.78, 5) is 0. The first kappa shape index (κ1) is 25.1. The maximum atomic E-state index is 8.84. The summed E-state index contributed by atoms with van der Waals surface area (Å²) in [6.07, 6.45) is 4.14. The van der Waals surface area contributed by atoms with Crippen molar-refractivity contribution < 1.29 is 51.2 Å². The third kappa shape index (κ3) is 14.9. The second-order valence-corrected chi connectivity index (χ2v) is 5.65. The summed E-state index contributed by atoms with van der Waals surface area (Å²) in [5.41, 5.74) is 0. The summed E-state index contributed by atoms with van der Waals surface area (Å²) in [5.74, 6) is 2.33. The van der Waals surface area contributed by atoms with Crippen molar-refractivity contribution in [3.05, 3.63) is 0 Å². The van der Waals surface area contributed by atoms with Crippen LogP contribution in [0.5, 0.6) is 0 Å². The molecule has 0 unspecified atom stereocenters. The van der Waals surface area contributed by atoms with Crippen LogP contribution in [0.3, 0.4) is 0 Å². The second kappa shape index (κ2) is 18.8. The first-order valence-corrected chi connectivity index (χ1v) is 8.80. The Morgan fingerprint density at radius 2 is 1.24 bits per heavy atom. The van der Waals surface area contributed by atoms with Crippen molar-refractivity contribution in [3.63, 3.8) is 0 Å². The van der Waals surface area contributed by atoms with Crippen LogP contribution in [0.25, 0.3) is 0 Å². The van der Waals surface area contributed by atoms with Crippen molar-refractivity contribution >= 4 is 6.71 Å². The molecule has 1 aliphatic heterocycles. The zero-order valence-electron chi connectivity index (χ0n) is 14.9. The van der Waals surface area contributed by atoms with E-state index in [4.69, 9.17) is 34.1 Å². The van der Waals surface area contributed by atoms with Gasteiger partial charge in [-0.05, 0) is 12.8 Å². The molecule has 0 spiro atoms. The zero-order chi connectivity index (χ0) is 17.3. The van der Waals surface area contributed by atoms with Gasteiger partial charge in [-0.25, -0.2) is 5.26 Å². The zero-order valence-corrected chi connectivity index (χ0v) is 18.2. The van der Waals surface area contributed by atoms with Gasteiger partial charge in [-0.2, -0.15) is 0 Å². The topological polar surface area (TPSA) is 90.2 Å². The average molecular weight is 524 g/mol. The summed E-state index contributed by atoms with van der Waals surface area (Å²) in [6.45, 7) is 4.91. The molecule has 0 aliphatic carbocycles. The molecule has 1 saturated heterocycles. The number of hydrogen-bond donors (Lipinski definition) is 1. The molecular weight excluding hydrogens is 494 g/mol. The van der Waals surface area contributed by atoms with Crippen molar-refractivity contribution in [1.82, 2.24) is 0 Å². The van der Waals surface area contributed by atoms with Crippen LogP contribution in [0, 0.1) is 11.2 Å². The molecule has 0 saturated carbocycles. The molecule has 0 aromatic rings. The minimum absolute atomic E-state index is 0. The van der Waals surface area contributed by atoms with Crippen molar-refractivity contribution in [3.8, 4) is 5.97 Å². The molecule has 25 heavy (non-hydrogen) atoms. The Morgan fingerprint density at radius 1 is 0.800 bits per heavy atom. The van der Waals surface area contributed by atoms with E-state index in [1.54, 1.807) is 0 Å². The SMILES string of the molecule is N#CB1CCC(OCCOCCOCCOCCOCCO)CC1.[Ta].